The van der Waals surface area contributed by atoms with Crippen molar-refractivity contribution in [3.8, 4) is 0 Å². The molecule has 0 fully saturated rings. The molecule has 0 bridgehead atoms. The van der Waals surface area contributed by atoms with Crippen molar-refractivity contribution in [1.82, 2.24) is 5.32 Å². The van der Waals surface area contributed by atoms with Gasteiger partial charge in [-0.15, -0.1) is 0 Å². The monoisotopic (exact) mass is 283 g/mol. The lowest BCUT2D eigenvalue weighted by atomic mass is 10.2. The molecule has 0 atom stereocenters. The van der Waals surface area contributed by atoms with Crippen LogP contribution < -0.4 is 5.32 Å². The Morgan fingerprint density at radius 1 is 1.25 bits per heavy atom. The summed E-state index contributed by atoms with van der Waals surface area (Å²) in [6.45, 7) is 1.42. The highest BCUT2D eigenvalue weighted by molar-refractivity contribution is 9.10. The third kappa shape index (κ3) is 2.93. The van der Waals surface area contributed by atoms with Crippen molar-refractivity contribution in [3.63, 3.8) is 0 Å². The van der Waals surface area contributed by atoms with Gasteiger partial charge in [-0.25, -0.2) is 4.39 Å². The molecule has 2 nitrogen and oxygen atoms in total. The maximum absolute atomic E-state index is 12.8. The molecule has 16 heavy (non-hydrogen) atoms. The topological polar surface area (TPSA) is 25.2 Å². The number of nitrogens with one attached hydrogen (secondary N) is 1. The zero-order valence-corrected chi connectivity index (χ0v) is 10.1. The zero-order chi connectivity index (χ0) is 11.4. The van der Waals surface area contributed by atoms with Crippen LogP contribution in [0.25, 0.3) is 0 Å². The van der Waals surface area contributed by atoms with Crippen molar-refractivity contribution in [3.05, 3.63) is 58.2 Å². The summed E-state index contributed by atoms with van der Waals surface area (Å²) in [6, 6.07) is 6.60. The summed E-state index contributed by atoms with van der Waals surface area (Å²) in [5.41, 5.74) is 2.13. The number of hydrogen-bond donors (Lipinski definition) is 1. The minimum Gasteiger partial charge on any atom is -0.472 e. The van der Waals surface area contributed by atoms with Crippen LogP contribution in [0.4, 0.5) is 4.39 Å². The fourth-order valence-electron chi connectivity index (χ4n) is 1.40. The molecule has 0 aliphatic carbocycles. The standard InChI is InChI=1S/C12H11BrFNO/c13-12-5-11(14)2-1-10(12)7-15-6-9-3-4-16-8-9/h1-5,8,15H,6-7H2. The molecule has 4 heteroatoms. The van der Waals surface area contributed by atoms with Gasteiger partial charge in [0.05, 0.1) is 12.5 Å². The molecule has 0 saturated heterocycles. The van der Waals surface area contributed by atoms with Gasteiger partial charge in [0, 0.05) is 23.1 Å². The molecule has 1 N–H and O–H groups in total. The van der Waals surface area contributed by atoms with E-state index in [-0.39, 0.29) is 5.82 Å². The minimum absolute atomic E-state index is 0.231. The molecule has 1 heterocycles. The van der Waals surface area contributed by atoms with Crippen LogP contribution in [-0.2, 0) is 13.1 Å². The maximum atomic E-state index is 12.8. The lowest BCUT2D eigenvalue weighted by Crippen LogP contribution is -2.12. The number of benzene rings is 1. The van der Waals surface area contributed by atoms with Gasteiger partial charge in [0.25, 0.3) is 0 Å². The van der Waals surface area contributed by atoms with Crippen LogP contribution in [0.5, 0.6) is 0 Å². The lowest BCUT2D eigenvalue weighted by Gasteiger charge is -2.05. The minimum atomic E-state index is -0.231. The van der Waals surface area contributed by atoms with Gasteiger partial charge in [0.15, 0.2) is 0 Å². The summed E-state index contributed by atoms with van der Waals surface area (Å²) >= 11 is 3.33. The average Bonchev–Trinajstić information content (AvgIpc) is 2.74. The van der Waals surface area contributed by atoms with Crippen molar-refractivity contribution in [2.45, 2.75) is 13.1 Å². The second kappa shape index (κ2) is 5.27. The highest BCUT2D eigenvalue weighted by Crippen LogP contribution is 2.17. The molecule has 1 aromatic heterocycles. The van der Waals surface area contributed by atoms with Gasteiger partial charge in [-0.3, -0.25) is 0 Å². The van der Waals surface area contributed by atoms with E-state index in [0.29, 0.717) is 6.54 Å². The summed E-state index contributed by atoms with van der Waals surface area (Å²) in [6.07, 6.45) is 3.34. The highest BCUT2D eigenvalue weighted by atomic mass is 79.9. The Balaban J connectivity index is 1.90. The second-order valence-electron chi connectivity index (χ2n) is 3.47. The summed E-state index contributed by atoms with van der Waals surface area (Å²) in [7, 11) is 0. The predicted octanol–water partition coefficient (Wildman–Crippen LogP) is 3.47. The van der Waals surface area contributed by atoms with E-state index >= 15 is 0 Å². The van der Waals surface area contributed by atoms with Gasteiger partial charge < -0.3 is 9.73 Å². The number of furan rings is 1. The number of rotatable bonds is 4. The van der Waals surface area contributed by atoms with Crippen molar-refractivity contribution in [1.29, 1.82) is 0 Å². The first-order valence-corrected chi connectivity index (χ1v) is 5.71. The Bertz CT molecular complexity index is 456. The molecule has 0 saturated carbocycles. The Morgan fingerprint density at radius 3 is 2.81 bits per heavy atom. The van der Waals surface area contributed by atoms with E-state index < -0.39 is 0 Å². The van der Waals surface area contributed by atoms with Crippen molar-refractivity contribution >= 4 is 15.9 Å². The van der Waals surface area contributed by atoms with Gasteiger partial charge >= 0.3 is 0 Å². The summed E-state index contributed by atoms with van der Waals surface area (Å²) in [5.74, 6) is -0.231. The third-order valence-electron chi connectivity index (χ3n) is 2.24. The van der Waals surface area contributed by atoms with Crippen molar-refractivity contribution < 1.29 is 8.81 Å². The van der Waals surface area contributed by atoms with Crippen LogP contribution in [0, 0.1) is 5.82 Å². The van der Waals surface area contributed by atoms with Crippen LogP contribution in [0.1, 0.15) is 11.1 Å². The molecule has 0 aliphatic heterocycles. The molecule has 1 aromatic carbocycles. The Morgan fingerprint density at radius 2 is 2.12 bits per heavy atom. The highest BCUT2D eigenvalue weighted by Gasteiger charge is 2.01. The lowest BCUT2D eigenvalue weighted by molar-refractivity contribution is 0.560. The first-order chi connectivity index (χ1) is 7.75. The molecule has 84 valence electrons. The molecule has 0 aliphatic rings. The quantitative estimate of drug-likeness (QED) is 0.930. The summed E-state index contributed by atoms with van der Waals surface area (Å²) < 4.78 is 18.6. The normalized spacial score (nSPS) is 10.6. The molecule has 0 spiro atoms. The van der Waals surface area contributed by atoms with Crippen LogP contribution >= 0.6 is 15.9 Å². The van der Waals surface area contributed by atoms with E-state index in [9.17, 15) is 4.39 Å². The van der Waals surface area contributed by atoms with Crippen LogP contribution in [0.3, 0.4) is 0 Å². The van der Waals surface area contributed by atoms with E-state index in [2.05, 4.69) is 21.2 Å². The van der Waals surface area contributed by atoms with Crippen LogP contribution in [0.2, 0.25) is 0 Å². The fraction of sp³-hybridized carbons (Fsp3) is 0.167. The van der Waals surface area contributed by atoms with E-state index in [1.807, 2.05) is 6.07 Å². The first-order valence-electron chi connectivity index (χ1n) is 4.91. The van der Waals surface area contributed by atoms with Gasteiger partial charge in [0.2, 0.25) is 0 Å². The predicted molar refractivity (Wildman–Crippen MR) is 63.4 cm³/mol. The van der Waals surface area contributed by atoms with Gasteiger partial charge in [-0.1, -0.05) is 22.0 Å². The fourth-order valence-corrected chi connectivity index (χ4v) is 1.89. The molecular weight excluding hydrogens is 273 g/mol. The van der Waals surface area contributed by atoms with Crippen molar-refractivity contribution in [2.75, 3.05) is 0 Å². The van der Waals surface area contributed by atoms with Crippen LogP contribution in [0.15, 0.2) is 45.7 Å². The van der Waals surface area contributed by atoms with E-state index in [1.54, 1.807) is 18.6 Å². The Labute approximate surface area is 102 Å². The zero-order valence-electron chi connectivity index (χ0n) is 8.54. The van der Waals surface area contributed by atoms with E-state index in [0.717, 1.165) is 22.1 Å². The summed E-state index contributed by atoms with van der Waals surface area (Å²) in [4.78, 5) is 0. The third-order valence-corrected chi connectivity index (χ3v) is 2.98. The SMILES string of the molecule is Fc1ccc(CNCc2ccoc2)c(Br)c1. The molecule has 2 rings (SSSR count). The average molecular weight is 284 g/mol. The van der Waals surface area contributed by atoms with E-state index in [4.69, 9.17) is 4.42 Å². The van der Waals surface area contributed by atoms with E-state index in [1.165, 1.54) is 12.1 Å². The molecule has 2 aromatic rings. The molecular formula is C12H11BrFNO. The Kier molecular flexibility index (Phi) is 3.74. The van der Waals surface area contributed by atoms with Crippen LogP contribution in [-0.4, -0.2) is 0 Å². The smallest absolute Gasteiger partial charge is 0.124 e. The van der Waals surface area contributed by atoms with Crippen molar-refractivity contribution in [2.24, 2.45) is 0 Å². The molecule has 0 unspecified atom stereocenters. The maximum Gasteiger partial charge on any atom is 0.124 e. The summed E-state index contributed by atoms with van der Waals surface area (Å²) in [5, 5.41) is 3.25. The largest absolute Gasteiger partial charge is 0.472 e. The molecule has 0 radical (unpaired) electrons. The second-order valence-corrected chi connectivity index (χ2v) is 4.33. The van der Waals surface area contributed by atoms with Gasteiger partial charge in [-0.2, -0.15) is 0 Å². The Hall–Kier alpha value is -1.13. The molecule has 0 amide bonds. The number of hydrogen-bond acceptors (Lipinski definition) is 2. The number of halogens is 2. The van der Waals surface area contributed by atoms with Gasteiger partial charge in [0.1, 0.15) is 5.82 Å². The van der Waals surface area contributed by atoms with Gasteiger partial charge in [-0.05, 0) is 23.8 Å². The first kappa shape index (κ1) is 11.4.